The molecule has 0 heterocycles. The van der Waals surface area contributed by atoms with Crippen molar-refractivity contribution in [1.82, 2.24) is 0 Å². The summed E-state index contributed by atoms with van der Waals surface area (Å²) in [4.78, 5) is 13.0. The second-order valence-corrected chi connectivity index (χ2v) is 9.50. The molecule has 0 fully saturated rings. The molecule has 27 heavy (non-hydrogen) atoms. The molecule has 1 aromatic rings. The summed E-state index contributed by atoms with van der Waals surface area (Å²) in [6.45, 7) is 3.42. The molecule has 148 valence electrons. The monoisotopic (exact) mass is 432 g/mol. The Morgan fingerprint density at radius 1 is 1.19 bits per heavy atom. The van der Waals surface area contributed by atoms with Gasteiger partial charge in [-0.2, -0.15) is 0 Å². The molecule has 0 amide bonds. The summed E-state index contributed by atoms with van der Waals surface area (Å²) in [5, 5.41) is 0. The van der Waals surface area contributed by atoms with Gasteiger partial charge in [-0.3, -0.25) is 9.36 Å². The maximum absolute atomic E-state index is 13.4. The predicted octanol–water partition coefficient (Wildman–Crippen LogP) is 5.33. The van der Waals surface area contributed by atoms with Crippen LogP contribution in [0.2, 0.25) is 0 Å². The molecule has 2 rings (SSSR count). The van der Waals surface area contributed by atoms with Crippen LogP contribution in [0.5, 0.6) is 5.75 Å². The lowest BCUT2D eigenvalue weighted by molar-refractivity contribution is -0.120. The first-order valence-electron chi connectivity index (χ1n) is 8.68. The van der Waals surface area contributed by atoms with E-state index in [-0.39, 0.29) is 26.2 Å². The van der Waals surface area contributed by atoms with Crippen LogP contribution < -0.4 is 4.74 Å². The summed E-state index contributed by atoms with van der Waals surface area (Å²) in [6.07, 6.45) is 5.13. The Balaban J connectivity index is 2.28. The molecule has 0 saturated carbocycles. The molecule has 1 atom stereocenters. The zero-order valence-electron chi connectivity index (χ0n) is 15.3. The number of halogens is 2. The summed E-state index contributed by atoms with van der Waals surface area (Å²) in [5.74, 6) is 0.137. The van der Waals surface area contributed by atoms with Crippen LogP contribution in [0.25, 0.3) is 0 Å². The first kappa shape index (κ1) is 22.2. The number of ether oxygens (including phenoxy) is 1. The lowest BCUT2D eigenvalue weighted by Crippen LogP contribution is -2.31. The number of hydrogen-bond donors (Lipinski definition) is 0. The smallest absolute Gasteiger partial charge is 0.345 e. The van der Waals surface area contributed by atoms with E-state index in [2.05, 4.69) is 0 Å². The van der Waals surface area contributed by atoms with Gasteiger partial charge in [0.05, 0.1) is 13.2 Å². The van der Waals surface area contributed by atoms with E-state index in [9.17, 15) is 9.36 Å². The summed E-state index contributed by atoms with van der Waals surface area (Å²) >= 11 is 12.2. The molecule has 1 aliphatic carbocycles. The van der Waals surface area contributed by atoms with Gasteiger partial charge in [0.2, 0.25) is 0 Å². The molecule has 1 unspecified atom stereocenters. The number of carbonyl (C=O) groups is 1. The van der Waals surface area contributed by atoms with Gasteiger partial charge in [-0.05, 0) is 37.6 Å². The lowest BCUT2D eigenvalue weighted by Gasteiger charge is -2.28. The highest BCUT2D eigenvalue weighted by molar-refractivity contribution is 7.56. The number of hydrogen-bond acceptors (Lipinski definition) is 5. The zero-order chi connectivity index (χ0) is 19.9. The van der Waals surface area contributed by atoms with E-state index in [0.717, 1.165) is 0 Å². The van der Waals surface area contributed by atoms with Crippen molar-refractivity contribution in [3.8, 4) is 5.75 Å². The molecule has 5 nitrogen and oxygen atoms in total. The normalized spacial score (nSPS) is 17.3. The Bertz CT molecular complexity index is 736. The SMILES string of the molecule is CCOP(=O)(OCC)C(C(=O)COc1ccccc1)C1=CCC(Cl)(Cl)C=C1. The summed E-state index contributed by atoms with van der Waals surface area (Å²) in [7, 11) is -3.75. The number of Topliss-reactive ketones (excluding diaryl/α,β-unsaturated/α-hetero) is 1. The summed E-state index contributed by atoms with van der Waals surface area (Å²) in [5.41, 5.74) is -0.611. The maximum atomic E-state index is 13.4. The Labute approximate surface area is 169 Å². The van der Waals surface area contributed by atoms with E-state index in [1.165, 1.54) is 0 Å². The minimum atomic E-state index is -3.75. The largest absolute Gasteiger partial charge is 0.486 e. The van der Waals surface area contributed by atoms with Gasteiger partial charge in [-0.15, -0.1) is 0 Å². The highest BCUT2D eigenvalue weighted by Gasteiger charge is 2.44. The fraction of sp³-hybridized carbons (Fsp3) is 0.421. The van der Waals surface area contributed by atoms with Gasteiger partial charge >= 0.3 is 7.60 Å². The second kappa shape index (κ2) is 9.90. The number of benzene rings is 1. The molecular formula is C19H23Cl2O5P. The van der Waals surface area contributed by atoms with Crippen molar-refractivity contribution in [2.24, 2.45) is 0 Å². The second-order valence-electron chi connectivity index (χ2n) is 5.85. The summed E-state index contributed by atoms with van der Waals surface area (Å²) < 4.78 is 28.7. The quantitative estimate of drug-likeness (QED) is 0.369. The van der Waals surface area contributed by atoms with E-state index in [1.54, 1.807) is 56.3 Å². The van der Waals surface area contributed by atoms with Crippen molar-refractivity contribution in [3.05, 3.63) is 54.1 Å². The fourth-order valence-corrected chi connectivity index (χ4v) is 5.01. The van der Waals surface area contributed by atoms with Gasteiger partial charge < -0.3 is 13.8 Å². The number of alkyl halides is 2. The molecule has 1 aliphatic rings. The summed E-state index contributed by atoms with van der Waals surface area (Å²) in [6, 6.07) is 8.92. The number of para-hydroxylation sites is 1. The van der Waals surface area contributed by atoms with Gasteiger partial charge in [0.1, 0.15) is 22.3 Å². The standard InChI is InChI=1S/C19H23Cl2O5P/c1-3-25-27(23,26-4-2)18(15-10-12-19(20,21)13-11-15)17(22)14-24-16-8-6-5-7-9-16/h5-12,18H,3-4,13-14H2,1-2H3. The number of carbonyl (C=O) groups excluding carboxylic acids is 1. The molecule has 1 aromatic carbocycles. The van der Waals surface area contributed by atoms with Crippen LogP contribution in [-0.2, 0) is 18.4 Å². The molecule has 0 spiro atoms. The van der Waals surface area contributed by atoms with Crippen molar-refractivity contribution in [3.63, 3.8) is 0 Å². The first-order valence-corrected chi connectivity index (χ1v) is 11.0. The van der Waals surface area contributed by atoms with Crippen LogP contribution in [0, 0.1) is 0 Å². The molecule has 0 N–H and O–H groups in total. The molecule has 0 saturated heterocycles. The van der Waals surface area contributed by atoms with Gasteiger partial charge in [0.25, 0.3) is 0 Å². The molecule has 8 heteroatoms. The first-order chi connectivity index (χ1) is 12.8. The molecule has 0 radical (unpaired) electrons. The van der Waals surface area contributed by atoms with E-state index < -0.39 is 23.4 Å². The van der Waals surface area contributed by atoms with Gasteiger partial charge in [-0.1, -0.05) is 53.6 Å². The van der Waals surface area contributed by atoms with E-state index in [1.807, 2.05) is 6.07 Å². The third-order valence-corrected chi connectivity index (χ3v) is 6.82. The minimum Gasteiger partial charge on any atom is -0.486 e. The van der Waals surface area contributed by atoms with Crippen LogP contribution in [0.4, 0.5) is 0 Å². The maximum Gasteiger partial charge on any atom is 0.345 e. The van der Waals surface area contributed by atoms with E-state index >= 15 is 0 Å². The Morgan fingerprint density at radius 3 is 2.33 bits per heavy atom. The number of ketones is 1. The van der Waals surface area contributed by atoms with E-state index in [0.29, 0.717) is 11.3 Å². The third-order valence-electron chi connectivity index (χ3n) is 3.81. The topological polar surface area (TPSA) is 61.8 Å². The average molecular weight is 433 g/mol. The lowest BCUT2D eigenvalue weighted by atomic mass is 10.0. The van der Waals surface area contributed by atoms with Gasteiger partial charge in [0.15, 0.2) is 5.78 Å². The fourth-order valence-electron chi connectivity index (χ4n) is 2.65. The Hall–Kier alpha value is -1.10. The highest BCUT2D eigenvalue weighted by Crippen LogP contribution is 2.56. The predicted molar refractivity (Wildman–Crippen MR) is 108 cm³/mol. The van der Waals surface area contributed by atoms with Crippen LogP contribution in [0.15, 0.2) is 54.1 Å². The van der Waals surface area contributed by atoms with Crippen LogP contribution >= 0.6 is 30.8 Å². The van der Waals surface area contributed by atoms with Crippen molar-refractivity contribution in [2.45, 2.75) is 30.3 Å². The third kappa shape index (κ3) is 6.20. The van der Waals surface area contributed by atoms with Crippen LogP contribution in [-0.4, -0.2) is 35.6 Å². The number of rotatable bonds is 10. The van der Waals surface area contributed by atoms with Crippen molar-refractivity contribution in [1.29, 1.82) is 0 Å². The Morgan fingerprint density at radius 2 is 1.81 bits per heavy atom. The highest BCUT2D eigenvalue weighted by atomic mass is 35.5. The van der Waals surface area contributed by atoms with Crippen molar-refractivity contribution < 1.29 is 23.1 Å². The van der Waals surface area contributed by atoms with Crippen molar-refractivity contribution in [2.75, 3.05) is 19.8 Å². The van der Waals surface area contributed by atoms with Crippen LogP contribution in [0.3, 0.4) is 0 Å². The van der Waals surface area contributed by atoms with Crippen molar-refractivity contribution >= 4 is 36.6 Å². The zero-order valence-corrected chi connectivity index (χ0v) is 17.7. The minimum absolute atomic E-state index is 0.145. The van der Waals surface area contributed by atoms with Crippen LogP contribution in [0.1, 0.15) is 20.3 Å². The molecule has 0 aliphatic heterocycles. The average Bonchev–Trinajstić information content (AvgIpc) is 2.63. The van der Waals surface area contributed by atoms with E-state index in [4.69, 9.17) is 37.0 Å². The number of allylic oxidation sites excluding steroid dienone is 4. The van der Waals surface area contributed by atoms with Gasteiger partial charge in [-0.25, -0.2) is 0 Å². The van der Waals surface area contributed by atoms with Gasteiger partial charge in [0, 0.05) is 6.42 Å². The molecular weight excluding hydrogens is 410 g/mol. The molecule has 0 aromatic heterocycles. The molecule has 0 bridgehead atoms. The Kier molecular flexibility index (Phi) is 8.14.